The molecule has 0 heterocycles. The first-order valence-corrected chi connectivity index (χ1v) is 2.59. The van der Waals surface area contributed by atoms with Gasteiger partial charge in [0.2, 0.25) is 0 Å². The van der Waals surface area contributed by atoms with Gasteiger partial charge in [-0.1, -0.05) is 6.92 Å². The van der Waals surface area contributed by atoms with Gasteiger partial charge in [-0.2, -0.15) is 0 Å². The minimum Gasteiger partial charge on any atom is -0.480 e. The molecular formula is C5H9NO2. The molecule has 0 aromatic rings. The molecule has 0 amide bonds. The van der Waals surface area contributed by atoms with Gasteiger partial charge in [-0.05, 0) is 12.3 Å². The van der Waals surface area contributed by atoms with Crippen molar-refractivity contribution in [2.75, 3.05) is 0 Å². The van der Waals surface area contributed by atoms with Crippen molar-refractivity contribution in [2.24, 2.45) is 11.7 Å². The van der Waals surface area contributed by atoms with Crippen LogP contribution in [0.5, 0.6) is 0 Å². The number of rotatable bonds is 1. The maximum atomic E-state index is 10.2. The van der Waals surface area contributed by atoms with Gasteiger partial charge in [0.1, 0.15) is 5.54 Å². The maximum Gasteiger partial charge on any atom is 0.323 e. The third-order valence-corrected chi connectivity index (χ3v) is 1.76. The van der Waals surface area contributed by atoms with E-state index in [4.69, 9.17) is 10.8 Å². The van der Waals surface area contributed by atoms with E-state index in [9.17, 15) is 4.79 Å². The number of hydrogen-bond acceptors (Lipinski definition) is 2. The largest absolute Gasteiger partial charge is 0.480 e. The summed E-state index contributed by atoms with van der Waals surface area (Å²) in [6.45, 7) is 1.84. The lowest BCUT2D eigenvalue weighted by atomic mass is 10.2. The lowest BCUT2D eigenvalue weighted by Crippen LogP contribution is -2.34. The molecule has 0 aromatic carbocycles. The van der Waals surface area contributed by atoms with Crippen LogP contribution in [0.25, 0.3) is 0 Å². The Labute approximate surface area is 47.5 Å². The monoisotopic (exact) mass is 115 g/mol. The fraction of sp³-hybridized carbons (Fsp3) is 0.800. The van der Waals surface area contributed by atoms with Gasteiger partial charge in [-0.3, -0.25) is 4.79 Å². The van der Waals surface area contributed by atoms with Gasteiger partial charge in [-0.15, -0.1) is 0 Å². The first-order valence-electron chi connectivity index (χ1n) is 2.59. The molecule has 0 radical (unpaired) electrons. The zero-order valence-corrected chi connectivity index (χ0v) is 4.72. The summed E-state index contributed by atoms with van der Waals surface area (Å²) in [5.74, 6) is -0.704. The minimum absolute atomic E-state index is 0.167. The van der Waals surface area contributed by atoms with Gasteiger partial charge in [0.15, 0.2) is 0 Å². The lowest BCUT2D eigenvalue weighted by molar-refractivity contribution is -0.140. The van der Waals surface area contributed by atoms with Crippen LogP contribution >= 0.6 is 0 Å². The van der Waals surface area contributed by atoms with Crippen LogP contribution < -0.4 is 5.73 Å². The Morgan fingerprint density at radius 3 is 2.38 bits per heavy atom. The molecule has 2 atom stereocenters. The summed E-state index contributed by atoms with van der Waals surface area (Å²) in [5, 5.41) is 8.36. The average Bonchev–Trinajstić information content (AvgIpc) is 2.17. The topological polar surface area (TPSA) is 63.3 Å². The van der Waals surface area contributed by atoms with E-state index in [1.807, 2.05) is 6.92 Å². The maximum absolute atomic E-state index is 10.2. The molecular weight excluding hydrogens is 106 g/mol. The van der Waals surface area contributed by atoms with E-state index in [-0.39, 0.29) is 5.92 Å². The van der Waals surface area contributed by atoms with Crippen molar-refractivity contribution in [2.45, 2.75) is 18.9 Å². The fourth-order valence-electron chi connectivity index (χ4n) is 0.746. The van der Waals surface area contributed by atoms with Gasteiger partial charge in [0.25, 0.3) is 0 Å². The normalized spacial score (nSPS) is 44.0. The Bertz CT molecular complexity index is 134. The smallest absolute Gasteiger partial charge is 0.323 e. The molecule has 8 heavy (non-hydrogen) atoms. The van der Waals surface area contributed by atoms with Gasteiger partial charge in [0, 0.05) is 0 Å². The minimum atomic E-state index is -0.875. The second-order valence-electron chi connectivity index (χ2n) is 2.45. The summed E-state index contributed by atoms with van der Waals surface area (Å²) in [6.07, 6.45) is 0.627. The van der Waals surface area contributed by atoms with Crippen molar-refractivity contribution < 1.29 is 9.90 Å². The molecule has 0 bridgehead atoms. The van der Waals surface area contributed by atoms with Crippen molar-refractivity contribution >= 4 is 5.97 Å². The van der Waals surface area contributed by atoms with Crippen LogP contribution in [0.1, 0.15) is 13.3 Å². The van der Waals surface area contributed by atoms with Crippen molar-refractivity contribution in [3.05, 3.63) is 0 Å². The number of hydrogen-bond donors (Lipinski definition) is 2. The molecule has 3 heteroatoms. The third-order valence-electron chi connectivity index (χ3n) is 1.76. The zero-order valence-electron chi connectivity index (χ0n) is 4.72. The highest BCUT2D eigenvalue weighted by molar-refractivity contribution is 5.82. The highest BCUT2D eigenvalue weighted by Gasteiger charge is 2.54. The summed E-state index contributed by atoms with van der Waals surface area (Å²) in [7, 11) is 0. The highest BCUT2D eigenvalue weighted by atomic mass is 16.4. The van der Waals surface area contributed by atoms with E-state index in [1.165, 1.54) is 0 Å². The van der Waals surface area contributed by atoms with Crippen molar-refractivity contribution in [3.8, 4) is 0 Å². The van der Waals surface area contributed by atoms with Crippen molar-refractivity contribution in [1.29, 1.82) is 0 Å². The first-order chi connectivity index (χ1) is 3.57. The first kappa shape index (κ1) is 5.56. The predicted molar refractivity (Wildman–Crippen MR) is 28.3 cm³/mol. The molecule has 46 valence electrons. The Morgan fingerprint density at radius 1 is 2.00 bits per heavy atom. The van der Waals surface area contributed by atoms with Crippen LogP contribution in [0.3, 0.4) is 0 Å². The van der Waals surface area contributed by atoms with Crippen LogP contribution in [0.4, 0.5) is 0 Å². The number of nitrogens with two attached hydrogens (primary N) is 1. The van der Waals surface area contributed by atoms with Crippen LogP contribution in [-0.4, -0.2) is 16.6 Å². The molecule has 0 aliphatic heterocycles. The number of carboxylic acid groups (broad SMARTS) is 1. The van der Waals surface area contributed by atoms with Crippen LogP contribution in [-0.2, 0) is 4.79 Å². The SMILES string of the molecule is CC1CC1(N)C(=O)O. The van der Waals surface area contributed by atoms with Crippen LogP contribution in [0.15, 0.2) is 0 Å². The van der Waals surface area contributed by atoms with E-state index < -0.39 is 11.5 Å². The zero-order chi connectivity index (χ0) is 6.36. The Hall–Kier alpha value is -0.570. The van der Waals surface area contributed by atoms with E-state index in [0.29, 0.717) is 6.42 Å². The molecule has 1 aliphatic rings. The Kier molecular flexibility index (Phi) is 0.854. The molecule has 3 nitrogen and oxygen atoms in total. The summed E-state index contributed by atoms with van der Waals surface area (Å²) >= 11 is 0. The standard InChI is InChI=1S/C5H9NO2/c1-3-2-5(3,6)4(7)8/h3H,2,6H2,1H3,(H,7,8). The summed E-state index contributed by atoms with van der Waals surface area (Å²) < 4.78 is 0. The summed E-state index contributed by atoms with van der Waals surface area (Å²) in [4.78, 5) is 10.2. The van der Waals surface area contributed by atoms with E-state index in [1.54, 1.807) is 0 Å². The molecule has 0 saturated heterocycles. The summed E-state index contributed by atoms with van der Waals surface area (Å²) in [5.41, 5.74) is 4.46. The third kappa shape index (κ3) is 0.512. The van der Waals surface area contributed by atoms with Gasteiger partial charge < -0.3 is 10.8 Å². The van der Waals surface area contributed by atoms with Crippen LogP contribution in [0, 0.1) is 5.92 Å². The van der Waals surface area contributed by atoms with Gasteiger partial charge in [0.05, 0.1) is 0 Å². The molecule has 3 N–H and O–H groups in total. The van der Waals surface area contributed by atoms with Gasteiger partial charge in [-0.25, -0.2) is 0 Å². The molecule has 1 rings (SSSR count). The molecule has 1 fully saturated rings. The van der Waals surface area contributed by atoms with E-state index in [2.05, 4.69) is 0 Å². The second kappa shape index (κ2) is 1.23. The molecule has 1 saturated carbocycles. The number of aliphatic carboxylic acids is 1. The van der Waals surface area contributed by atoms with Crippen molar-refractivity contribution in [1.82, 2.24) is 0 Å². The highest BCUT2D eigenvalue weighted by Crippen LogP contribution is 2.40. The van der Waals surface area contributed by atoms with Gasteiger partial charge >= 0.3 is 5.97 Å². The van der Waals surface area contributed by atoms with Crippen LogP contribution in [0.2, 0.25) is 0 Å². The predicted octanol–water partition coefficient (Wildman–Crippen LogP) is -0.192. The summed E-state index contributed by atoms with van der Waals surface area (Å²) in [6, 6.07) is 0. The fourth-order valence-corrected chi connectivity index (χ4v) is 0.746. The lowest BCUT2D eigenvalue weighted by Gasteiger charge is -1.98. The molecule has 0 aromatic heterocycles. The van der Waals surface area contributed by atoms with E-state index >= 15 is 0 Å². The Balaban J connectivity index is 2.60. The molecule has 2 unspecified atom stereocenters. The quantitative estimate of drug-likeness (QED) is 0.497. The average molecular weight is 115 g/mol. The van der Waals surface area contributed by atoms with E-state index in [0.717, 1.165) is 0 Å². The van der Waals surface area contributed by atoms with Crippen molar-refractivity contribution in [3.63, 3.8) is 0 Å². The number of carbonyl (C=O) groups is 1. The number of carboxylic acids is 1. The molecule has 0 spiro atoms. The Morgan fingerprint density at radius 2 is 2.38 bits per heavy atom. The molecule has 1 aliphatic carbocycles. The second-order valence-corrected chi connectivity index (χ2v) is 2.45.